The number of likely N-dealkylation sites (N-methyl/N-ethyl adjacent to an activating group) is 1. The summed E-state index contributed by atoms with van der Waals surface area (Å²) in [7, 11) is 1.74. The molecule has 6 heteroatoms. The molecule has 0 aliphatic heterocycles. The van der Waals surface area contributed by atoms with Crippen LogP contribution in [0.15, 0.2) is 27.3 Å². The van der Waals surface area contributed by atoms with Gasteiger partial charge in [0.05, 0.1) is 19.2 Å². The van der Waals surface area contributed by atoms with Gasteiger partial charge in [0.1, 0.15) is 5.58 Å². The number of furan rings is 1. The maximum atomic E-state index is 12.6. The van der Waals surface area contributed by atoms with E-state index in [2.05, 4.69) is 37.0 Å². The van der Waals surface area contributed by atoms with Crippen LogP contribution in [0.5, 0.6) is 0 Å². The van der Waals surface area contributed by atoms with E-state index >= 15 is 0 Å². The third-order valence-electron chi connectivity index (χ3n) is 4.63. The van der Waals surface area contributed by atoms with E-state index in [1.807, 2.05) is 13.0 Å². The van der Waals surface area contributed by atoms with Crippen molar-refractivity contribution < 1.29 is 13.7 Å². The Labute approximate surface area is 153 Å². The molecule has 0 radical (unpaired) electrons. The summed E-state index contributed by atoms with van der Waals surface area (Å²) >= 11 is 0. The highest BCUT2D eigenvalue weighted by molar-refractivity contribution is 5.88. The largest absolute Gasteiger partial charge is 0.464 e. The van der Waals surface area contributed by atoms with Crippen molar-refractivity contribution in [3.8, 4) is 0 Å². The third-order valence-corrected chi connectivity index (χ3v) is 4.63. The van der Waals surface area contributed by atoms with Gasteiger partial charge in [-0.15, -0.1) is 0 Å². The number of hydrogen-bond donors (Lipinski definition) is 0. The molecule has 0 unspecified atom stereocenters. The first kappa shape index (κ1) is 18.2. The fourth-order valence-electron chi connectivity index (χ4n) is 3.09. The SMILES string of the molecule is CCc1noc(CN(C)C(=O)Cc2coc3cc(C)c(C(C)C)cc23)n1. The number of benzene rings is 1. The first-order valence-corrected chi connectivity index (χ1v) is 8.95. The highest BCUT2D eigenvalue weighted by Crippen LogP contribution is 2.29. The van der Waals surface area contributed by atoms with Crippen LogP contribution in [-0.4, -0.2) is 28.0 Å². The minimum absolute atomic E-state index is 0.0179. The lowest BCUT2D eigenvalue weighted by molar-refractivity contribution is -0.130. The molecule has 1 aromatic carbocycles. The molecule has 0 fully saturated rings. The second kappa shape index (κ2) is 7.32. The molecule has 0 atom stereocenters. The van der Waals surface area contributed by atoms with Gasteiger partial charge in [-0.25, -0.2) is 0 Å². The molecule has 0 saturated heterocycles. The number of fused-ring (bicyclic) bond motifs is 1. The van der Waals surface area contributed by atoms with Crippen molar-refractivity contribution in [1.29, 1.82) is 0 Å². The Morgan fingerprint density at radius 1 is 1.31 bits per heavy atom. The lowest BCUT2D eigenvalue weighted by Gasteiger charge is -2.14. The summed E-state index contributed by atoms with van der Waals surface area (Å²) < 4.78 is 10.8. The van der Waals surface area contributed by atoms with Crippen molar-refractivity contribution in [2.24, 2.45) is 0 Å². The van der Waals surface area contributed by atoms with Crippen molar-refractivity contribution in [3.05, 3.63) is 46.8 Å². The van der Waals surface area contributed by atoms with Gasteiger partial charge in [0.15, 0.2) is 5.82 Å². The summed E-state index contributed by atoms with van der Waals surface area (Å²) in [6.45, 7) is 8.69. The van der Waals surface area contributed by atoms with Crippen LogP contribution in [-0.2, 0) is 24.2 Å². The predicted molar refractivity (Wildman–Crippen MR) is 98.9 cm³/mol. The van der Waals surface area contributed by atoms with E-state index in [4.69, 9.17) is 8.94 Å². The van der Waals surface area contributed by atoms with E-state index in [9.17, 15) is 4.79 Å². The molecule has 2 aromatic heterocycles. The molecule has 3 aromatic rings. The van der Waals surface area contributed by atoms with E-state index in [1.54, 1.807) is 18.2 Å². The third kappa shape index (κ3) is 3.64. The average Bonchev–Trinajstić information content (AvgIpc) is 3.20. The van der Waals surface area contributed by atoms with Crippen LogP contribution < -0.4 is 0 Å². The van der Waals surface area contributed by atoms with Crippen LogP contribution in [0, 0.1) is 6.92 Å². The molecule has 0 spiro atoms. The quantitative estimate of drug-likeness (QED) is 0.668. The molecule has 6 nitrogen and oxygen atoms in total. The van der Waals surface area contributed by atoms with Crippen LogP contribution in [0.25, 0.3) is 11.0 Å². The van der Waals surface area contributed by atoms with Gasteiger partial charge < -0.3 is 13.8 Å². The average molecular weight is 355 g/mol. The van der Waals surface area contributed by atoms with Gasteiger partial charge in [-0.3, -0.25) is 4.79 Å². The number of carbonyl (C=O) groups excluding carboxylic acids is 1. The summed E-state index contributed by atoms with van der Waals surface area (Å²) in [6, 6.07) is 4.19. The fourth-order valence-corrected chi connectivity index (χ4v) is 3.09. The summed E-state index contributed by atoms with van der Waals surface area (Å²) in [5.74, 6) is 1.51. The van der Waals surface area contributed by atoms with Gasteiger partial charge in [-0.2, -0.15) is 4.98 Å². The Hall–Kier alpha value is -2.63. The highest BCUT2D eigenvalue weighted by atomic mass is 16.5. The molecule has 26 heavy (non-hydrogen) atoms. The summed E-state index contributed by atoms with van der Waals surface area (Å²) in [6.07, 6.45) is 2.67. The Morgan fingerprint density at radius 3 is 2.73 bits per heavy atom. The van der Waals surface area contributed by atoms with Crippen molar-refractivity contribution in [2.45, 2.75) is 53.0 Å². The summed E-state index contributed by atoms with van der Waals surface area (Å²) in [5.41, 5.74) is 4.21. The van der Waals surface area contributed by atoms with Gasteiger partial charge in [-0.1, -0.05) is 25.9 Å². The second-order valence-corrected chi connectivity index (χ2v) is 7.01. The molecule has 0 saturated carbocycles. The zero-order valence-electron chi connectivity index (χ0n) is 16.0. The number of aromatic nitrogens is 2. The second-order valence-electron chi connectivity index (χ2n) is 7.01. The zero-order valence-corrected chi connectivity index (χ0v) is 16.0. The van der Waals surface area contributed by atoms with E-state index < -0.39 is 0 Å². The standard InChI is InChI=1S/C20H25N3O3/c1-6-18-21-19(26-22-18)10-23(5)20(24)8-14-11-25-17-7-13(4)15(12(2)3)9-16(14)17/h7,9,11-12H,6,8,10H2,1-5H3. The van der Waals surface area contributed by atoms with E-state index in [0.29, 0.717) is 30.6 Å². The zero-order chi connectivity index (χ0) is 18.8. The van der Waals surface area contributed by atoms with Crippen LogP contribution >= 0.6 is 0 Å². The number of amides is 1. The number of rotatable bonds is 6. The van der Waals surface area contributed by atoms with Crippen molar-refractivity contribution >= 4 is 16.9 Å². The number of hydrogen-bond acceptors (Lipinski definition) is 5. The summed E-state index contributed by atoms with van der Waals surface area (Å²) in [4.78, 5) is 18.5. The van der Waals surface area contributed by atoms with Gasteiger partial charge >= 0.3 is 0 Å². The molecule has 3 rings (SSSR count). The normalized spacial score (nSPS) is 11.5. The Bertz CT molecular complexity index is 924. The summed E-state index contributed by atoms with van der Waals surface area (Å²) in [5, 5.41) is 4.87. The molecule has 2 heterocycles. The van der Waals surface area contributed by atoms with Crippen molar-refractivity contribution in [2.75, 3.05) is 7.05 Å². The molecule has 138 valence electrons. The molecule has 0 aliphatic rings. The van der Waals surface area contributed by atoms with Crippen LogP contribution in [0.1, 0.15) is 55.1 Å². The van der Waals surface area contributed by atoms with Gasteiger partial charge in [-0.05, 0) is 36.1 Å². The molecule has 0 aliphatic carbocycles. The molecular weight excluding hydrogens is 330 g/mol. The molecular formula is C20H25N3O3. The lowest BCUT2D eigenvalue weighted by atomic mass is 9.95. The molecule has 1 amide bonds. The monoisotopic (exact) mass is 355 g/mol. The fraction of sp³-hybridized carbons (Fsp3) is 0.450. The maximum Gasteiger partial charge on any atom is 0.246 e. The number of aryl methyl sites for hydroxylation is 2. The molecule has 0 N–H and O–H groups in total. The lowest BCUT2D eigenvalue weighted by Crippen LogP contribution is -2.27. The highest BCUT2D eigenvalue weighted by Gasteiger charge is 2.18. The van der Waals surface area contributed by atoms with Crippen molar-refractivity contribution in [1.82, 2.24) is 15.0 Å². The number of carbonyl (C=O) groups is 1. The minimum Gasteiger partial charge on any atom is -0.464 e. The van der Waals surface area contributed by atoms with Crippen molar-refractivity contribution in [3.63, 3.8) is 0 Å². The Balaban J connectivity index is 1.77. The predicted octanol–water partition coefficient (Wildman–Crippen LogP) is 4.01. The van der Waals surface area contributed by atoms with Crippen LogP contribution in [0.2, 0.25) is 0 Å². The van der Waals surface area contributed by atoms with E-state index in [0.717, 1.165) is 16.5 Å². The van der Waals surface area contributed by atoms with Crippen LogP contribution in [0.3, 0.4) is 0 Å². The van der Waals surface area contributed by atoms with Gasteiger partial charge in [0, 0.05) is 24.4 Å². The first-order chi connectivity index (χ1) is 12.4. The minimum atomic E-state index is -0.0179. The topological polar surface area (TPSA) is 72.4 Å². The van der Waals surface area contributed by atoms with Crippen LogP contribution in [0.4, 0.5) is 0 Å². The van der Waals surface area contributed by atoms with Gasteiger partial charge in [0.2, 0.25) is 11.8 Å². The number of nitrogens with zero attached hydrogens (tertiary/aromatic N) is 3. The molecule has 0 bridgehead atoms. The smallest absolute Gasteiger partial charge is 0.246 e. The van der Waals surface area contributed by atoms with E-state index in [-0.39, 0.29) is 12.3 Å². The first-order valence-electron chi connectivity index (χ1n) is 8.95. The maximum absolute atomic E-state index is 12.6. The Kier molecular flexibility index (Phi) is 5.11. The van der Waals surface area contributed by atoms with Gasteiger partial charge in [0.25, 0.3) is 0 Å². The van der Waals surface area contributed by atoms with E-state index in [1.165, 1.54) is 11.1 Å². The Morgan fingerprint density at radius 2 is 2.08 bits per heavy atom.